The van der Waals surface area contributed by atoms with E-state index < -0.39 is 11.5 Å². The van der Waals surface area contributed by atoms with Crippen molar-refractivity contribution in [3.05, 3.63) is 83.0 Å². The Morgan fingerprint density at radius 2 is 1.70 bits per heavy atom. The molecule has 0 saturated carbocycles. The molecule has 3 aromatic heterocycles. The van der Waals surface area contributed by atoms with Gasteiger partial charge in [0, 0.05) is 36.6 Å². The minimum atomic E-state index is -0.665. The van der Waals surface area contributed by atoms with Crippen molar-refractivity contribution in [3.8, 4) is 0 Å². The van der Waals surface area contributed by atoms with Crippen LogP contribution in [0.1, 0.15) is 10.4 Å². The molecule has 4 aromatic rings. The van der Waals surface area contributed by atoms with E-state index in [0.29, 0.717) is 35.7 Å². The van der Waals surface area contributed by atoms with E-state index in [0.717, 1.165) is 5.69 Å². The summed E-state index contributed by atoms with van der Waals surface area (Å²) in [5, 5.41) is 17.7. The zero-order valence-electron chi connectivity index (χ0n) is 15.8. The lowest BCUT2D eigenvalue weighted by molar-refractivity contribution is 0.0951. The number of anilines is 3. The summed E-state index contributed by atoms with van der Waals surface area (Å²) in [4.78, 5) is 28.3. The van der Waals surface area contributed by atoms with E-state index in [1.807, 2.05) is 18.2 Å². The number of hydrogen-bond acceptors (Lipinski definition) is 8. The van der Waals surface area contributed by atoms with Crippen LogP contribution in [-0.4, -0.2) is 34.2 Å². The van der Waals surface area contributed by atoms with Gasteiger partial charge in [0.25, 0.3) is 5.91 Å². The molecule has 9 heteroatoms. The molecule has 3 heterocycles. The molecule has 4 rings (SSSR count). The summed E-state index contributed by atoms with van der Waals surface area (Å²) in [5.74, 6) is 0.678. The summed E-state index contributed by atoms with van der Waals surface area (Å²) in [5.41, 5.74) is 0.615. The molecule has 3 N–H and O–H groups in total. The van der Waals surface area contributed by atoms with Gasteiger partial charge in [0.2, 0.25) is 0 Å². The molecule has 0 spiro atoms. The lowest BCUT2D eigenvalue weighted by Gasteiger charge is -2.08. The molecule has 0 radical (unpaired) electrons. The van der Waals surface area contributed by atoms with Crippen molar-refractivity contribution in [2.45, 2.75) is 0 Å². The Kier molecular flexibility index (Phi) is 5.61. The molecule has 1 amide bonds. The smallest absolute Gasteiger partial charge is 0.349 e. The third-order valence-corrected chi connectivity index (χ3v) is 4.22. The van der Waals surface area contributed by atoms with Crippen LogP contribution in [0.15, 0.2) is 76.2 Å². The van der Waals surface area contributed by atoms with Crippen molar-refractivity contribution >= 4 is 34.2 Å². The monoisotopic (exact) mass is 402 g/mol. The second-order valence-electron chi connectivity index (χ2n) is 6.33. The summed E-state index contributed by atoms with van der Waals surface area (Å²) in [6.07, 6.45) is 3.36. The summed E-state index contributed by atoms with van der Waals surface area (Å²) in [7, 11) is 0. The predicted octanol–water partition coefficient (Wildman–Crippen LogP) is 2.56. The molecule has 0 aliphatic heterocycles. The van der Waals surface area contributed by atoms with Gasteiger partial charge in [0.15, 0.2) is 5.82 Å². The number of hydrogen-bond donors (Lipinski definition) is 3. The molecule has 0 saturated heterocycles. The maximum absolute atomic E-state index is 12.3. The minimum Gasteiger partial charge on any atom is -0.422 e. The largest absolute Gasteiger partial charge is 0.422 e. The Bertz CT molecular complexity index is 1210. The van der Waals surface area contributed by atoms with Crippen LogP contribution in [0.5, 0.6) is 0 Å². The molecule has 0 aliphatic rings. The highest BCUT2D eigenvalue weighted by Gasteiger charge is 2.13. The van der Waals surface area contributed by atoms with Crippen molar-refractivity contribution in [1.82, 2.24) is 20.5 Å². The first-order chi connectivity index (χ1) is 14.7. The van der Waals surface area contributed by atoms with E-state index >= 15 is 0 Å². The maximum atomic E-state index is 12.3. The van der Waals surface area contributed by atoms with Gasteiger partial charge in [0.05, 0.1) is 0 Å². The number of nitrogens with one attached hydrogen (secondary N) is 3. The molecule has 1 aromatic carbocycles. The zero-order chi connectivity index (χ0) is 20.8. The third kappa shape index (κ3) is 4.58. The molecule has 0 atom stereocenters. The van der Waals surface area contributed by atoms with Gasteiger partial charge in [-0.2, -0.15) is 0 Å². The summed E-state index contributed by atoms with van der Waals surface area (Å²) in [6, 6.07) is 15.8. The molecule has 30 heavy (non-hydrogen) atoms. The average molecular weight is 402 g/mol. The highest BCUT2D eigenvalue weighted by Crippen LogP contribution is 2.14. The number of amides is 1. The molecule has 0 fully saturated rings. The fourth-order valence-electron chi connectivity index (χ4n) is 2.76. The number of para-hydroxylation sites is 1. The molecule has 0 bridgehead atoms. The van der Waals surface area contributed by atoms with E-state index in [4.69, 9.17) is 4.42 Å². The molecule has 0 aliphatic carbocycles. The number of carbonyl (C=O) groups excluding carboxylic acids is 1. The van der Waals surface area contributed by atoms with Gasteiger partial charge in [0.1, 0.15) is 17.0 Å². The van der Waals surface area contributed by atoms with Crippen molar-refractivity contribution in [2.24, 2.45) is 0 Å². The van der Waals surface area contributed by atoms with Crippen LogP contribution >= 0.6 is 0 Å². The van der Waals surface area contributed by atoms with E-state index in [1.165, 1.54) is 6.07 Å². The van der Waals surface area contributed by atoms with Crippen molar-refractivity contribution in [2.75, 3.05) is 23.7 Å². The lowest BCUT2D eigenvalue weighted by atomic mass is 10.2. The summed E-state index contributed by atoms with van der Waals surface area (Å²) in [6.45, 7) is 0.709. The van der Waals surface area contributed by atoms with E-state index in [9.17, 15) is 9.59 Å². The van der Waals surface area contributed by atoms with E-state index in [-0.39, 0.29) is 5.56 Å². The van der Waals surface area contributed by atoms with Gasteiger partial charge in [-0.3, -0.25) is 9.78 Å². The number of fused-ring (bicyclic) bond motifs is 1. The quantitative estimate of drug-likeness (QED) is 0.318. The van der Waals surface area contributed by atoms with Crippen LogP contribution in [0.3, 0.4) is 0 Å². The number of aromatic nitrogens is 3. The second-order valence-corrected chi connectivity index (χ2v) is 6.33. The van der Waals surface area contributed by atoms with Gasteiger partial charge in [-0.25, -0.2) is 4.79 Å². The first-order valence-corrected chi connectivity index (χ1v) is 9.25. The Hall–Kier alpha value is -4.27. The molecular formula is C21H18N6O3. The van der Waals surface area contributed by atoms with Crippen molar-refractivity contribution in [1.29, 1.82) is 0 Å². The second kappa shape index (κ2) is 8.82. The Labute approximate surface area is 171 Å². The molecule has 0 unspecified atom stereocenters. The highest BCUT2D eigenvalue weighted by molar-refractivity contribution is 5.96. The number of nitrogens with zero attached hydrogens (tertiary/aromatic N) is 3. The molecule has 9 nitrogen and oxygen atoms in total. The van der Waals surface area contributed by atoms with Crippen molar-refractivity contribution in [3.63, 3.8) is 0 Å². The predicted molar refractivity (Wildman–Crippen MR) is 113 cm³/mol. The van der Waals surface area contributed by atoms with Gasteiger partial charge in [-0.05, 0) is 36.4 Å². The first-order valence-electron chi connectivity index (χ1n) is 9.25. The average Bonchev–Trinajstić information content (AvgIpc) is 2.78. The van der Waals surface area contributed by atoms with E-state index in [2.05, 4.69) is 31.1 Å². The Morgan fingerprint density at radius 1 is 0.933 bits per heavy atom. The van der Waals surface area contributed by atoms with Gasteiger partial charge >= 0.3 is 5.63 Å². The highest BCUT2D eigenvalue weighted by atomic mass is 16.4. The fraction of sp³-hybridized carbons (Fsp3) is 0.0952. The minimum absolute atomic E-state index is 0.0277. The maximum Gasteiger partial charge on any atom is 0.349 e. The van der Waals surface area contributed by atoms with Gasteiger partial charge in [-0.1, -0.05) is 18.2 Å². The number of benzene rings is 1. The first kappa shape index (κ1) is 19.1. The van der Waals surface area contributed by atoms with Gasteiger partial charge in [-0.15, -0.1) is 10.2 Å². The molecule has 150 valence electrons. The van der Waals surface area contributed by atoms with Crippen molar-refractivity contribution < 1.29 is 9.21 Å². The van der Waals surface area contributed by atoms with E-state index in [1.54, 1.807) is 42.7 Å². The van der Waals surface area contributed by atoms with Crippen LogP contribution < -0.4 is 21.6 Å². The topological polar surface area (TPSA) is 122 Å². The Balaban J connectivity index is 1.28. The van der Waals surface area contributed by atoms with Gasteiger partial charge < -0.3 is 20.4 Å². The summed E-state index contributed by atoms with van der Waals surface area (Å²) >= 11 is 0. The third-order valence-electron chi connectivity index (χ3n) is 4.22. The summed E-state index contributed by atoms with van der Waals surface area (Å²) < 4.78 is 5.18. The fourth-order valence-corrected chi connectivity index (χ4v) is 2.76. The standard InChI is InChI=1S/C21H18N6O3/c28-20(16-13-14-3-1-2-4-17(14)30-21(16)29)24-12-11-23-18-5-6-19(27-26-18)25-15-7-9-22-10-8-15/h1-10,13H,11-12H2,(H,23,26)(H,24,28)(H,22,25,27). The van der Waals surface area contributed by atoms with Crippen LogP contribution in [0.25, 0.3) is 11.0 Å². The molecular weight excluding hydrogens is 384 g/mol. The number of carbonyl (C=O) groups is 1. The van der Waals surface area contributed by atoms with Crippen LogP contribution in [0.4, 0.5) is 17.3 Å². The SMILES string of the molecule is O=C(NCCNc1ccc(Nc2ccncc2)nn1)c1cc2ccccc2oc1=O. The normalized spacial score (nSPS) is 10.5. The number of rotatable bonds is 7. The lowest BCUT2D eigenvalue weighted by Crippen LogP contribution is -2.32. The van der Waals surface area contributed by atoms with Crippen LogP contribution in [0, 0.1) is 0 Å². The van der Waals surface area contributed by atoms with Crippen LogP contribution in [-0.2, 0) is 0 Å². The number of pyridine rings is 1. The Morgan fingerprint density at radius 3 is 2.50 bits per heavy atom. The zero-order valence-corrected chi connectivity index (χ0v) is 15.8. The van der Waals surface area contributed by atoms with Crippen LogP contribution in [0.2, 0.25) is 0 Å².